The van der Waals surface area contributed by atoms with Gasteiger partial charge in [-0.25, -0.2) is 0 Å². The van der Waals surface area contributed by atoms with Gasteiger partial charge in [0.25, 0.3) is 0 Å². The lowest BCUT2D eigenvalue weighted by atomic mass is 9.86. The zero-order valence-corrected chi connectivity index (χ0v) is 13.6. The van der Waals surface area contributed by atoms with Gasteiger partial charge < -0.3 is 4.74 Å². The minimum absolute atomic E-state index is 0.114. The second-order valence-electron chi connectivity index (χ2n) is 5.80. The average molecular weight is 313 g/mol. The predicted molar refractivity (Wildman–Crippen MR) is 82.5 cm³/mol. The minimum atomic E-state index is 0.114. The highest BCUT2D eigenvalue weighted by Crippen LogP contribution is 2.33. The quantitative estimate of drug-likeness (QED) is 0.612. The highest BCUT2D eigenvalue weighted by Gasteiger charge is 2.19. The van der Waals surface area contributed by atoms with Crippen LogP contribution in [0.2, 0.25) is 0 Å². The maximum Gasteiger partial charge on any atom is 0.123 e. The molecule has 0 radical (unpaired) electrons. The number of halogens is 1. The van der Waals surface area contributed by atoms with Crippen LogP contribution in [0.1, 0.15) is 58.9 Å². The lowest BCUT2D eigenvalue weighted by molar-refractivity contribution is 0.297. The molecule has 102 valence electrons. The molecule has 0 aliphatic heterocycles. The molecule has 1 rings (SSSR count). The van der Waals surface area contributed by atoms with E-state index in [4.69, 9.17) is 4.74 Å². The van der Waals surface area contributed by atoms with Gasteiger partial charge in [0, 0.05) is 10.0 Å². The van der Waals surface area contributed by atoms with E-state index in [1.165, 1.54) is 24.8 Å². The molecule has 1 nitrogen and oxygen atoms in total. The van der Waals surface area contributed by atoms with Crippen LogP contribution in [-0.4, -0.2) is 6.61 Å². The van der Waals surface area contributed by atoms with Crippen LogP contribution in [0.4, 0.5) is 0 Å². The fraction of sp³-hybridized carbons (Fsp3) is 0.625. The summed E-state index contributed by atoms with van der Waals surface area (Å²) in [6.45, 7) is 9.72. The van der Waals surface area contributed by atoms with Gasteiger partial charge in [-0.3, -0.25) is 0 Å². The molecule has 0 aliphatic carbocycles. The second kappa shape index (κ2) is 7.18. The summed E-state index contributed by atoms with van der Waals surface area (Å²) in [5.41, 5.74) is 1.38. The third kappa shape index (κ3) is 5.01. The second-order valence-corrected chi connectivity index (χ2v) is 6.72. The first-order chi connectivity index (χ1) is 8.45. The number of benzene rings is 1. The van der Waals surface area contributed by atoms with Crippen molar-refractivity contribution in [2.75, 3.05) is 6.61 Å². The van der Waals surface area contributed by atoms with Crippen LogP contribution < -0.4 is 4.74 Å². The van der Waals surface area contributed by atoms with Crippen LogP contribution in [0.25, 0.3) is 0 Å². The van der Waals surface area contributed by atoms with Crippen molar-refractivity contribution >= 4 is 15.9 Å². The summed E-state index contributed by atoms with van der Waals surface area (Å²) in [5, 5.41) is 0. The molecule has 0 bridgehead atoms. The Labute approximate surface area is 120 Å². The van der Waals surface area contributed by atoms with Gasteiger partial charge in [-0.15, -0.1) is 0 Å². The standard InChI is InChI=1S/C16H25BrO/c1-5-6-7-8-11-18-15-10-9-13(17)12-14(15)16(2,3)4/h9-10,12H,5-8,11H2,1-4H3. The van der Waals surface area contributed by atoms with Crippen molar-refractivity contribution in [1.82, 2.24) is 0 Å². The predicted octanol–water partition coefficient (Wildman–Crippen LogP) is 5.71. The molecule has 0 aliphatic rings. The smallest absolute Gasteiger partial charge is 0.123 e. The van der Waals surface area contributed by atoms with Gasteiger partial charge >= 0.3 is 0 Å². The topological polar surface area (TPSA) is 9.23 Å². The third-order valence-corrected chi connectivity index (χ3v) is 3.50. The average Bonchev–Trinajstić information content (AvgIpc) is 2.29. The zero-order chi connectivity index (χ0) is 13.6. The first kappa shape index (κ1) is 15.6. The van der Waals surface area contributed by atoms with Crippen LogP contribution in [0.3, 0.4) is 0 Å². The summed E-state index contributed by atoms with van der Waals surface area (Å²) in [7, 11) is 0. The molecule has 1 aromatic rings. The minimum Gasteiger partial charge on any atom is -0.493 e. The van der Waals surface area contributed by atoms with E-state index in [0.717, 1.165) is 23.2 Å². The van der Waals surface area contributed by atoms with E-state index in [2.05, 4.69) is 61.8 Å². The fourth-order valence-corrected chi connectivity index (χ4v) is 2.29. The van der Waals surface area contributed by atoms with Crippen molar-refractivity contribution in [2.24, 2.45) is 0 Å². The molecule has 0 spiro atoms. The van der Waals surface area contributed by atoms with Gasteiger partial charge in [-0.1, -0.05) is 62.9 Å². The van der Waals surface area contributed by atoms with E-state index in [0.29, 0.717) is 0 Å². The Bertz CT molecular complexity index is 366. The highest BCUT2D eigenvalue weighted by atomic mass is 79.9. The Morgan fingerprint density at radius 1 is 1.11 bits per heavy atom. The number of hydrogen-bond donors (Lipinski definition) is 0. The van der Waals surface area contributed by atoms with Crippen LogP contribution in [0.15, 0.2) is 22.7 Å². The number of ether oxygens (including phenoxy) is 1. The van der Waals surface area contributed by atoms with Crippen LogP contribution in [0, 0.1) is 0 Å². The van der Waals surface area contributed by atoms with Crippen LogP contribution in [-0.2, 0) is 5.41 Å². The van der Waals surface area contributed by atoms with Gasteiger partial charge in [-0.2, -0.15) is 0 Å². The first-order valence-corrected chi connectivity index (χ1v) is 7.67. The van der Waals surface area contributed by atoms with Gasteiger partial charge in [0.15, 0.2) is 0 Å². The molecule has 1 aromatic carbocycles. The summed E-state index contributed by atoms with van der Waals surface area (Å²) in [6, 6.07) is 6.29. The summed E-state index contributed by atoms with van der Waals surface area (Å²) in [4.78, 5) is 0. The van der Waals surface area contributed by atoms with E-state index >= 15 is 0 Å². The summed E-state index contributed by atoms with van der Waals surface area (Å²) in [6.07, 6.45) is 4.98. The Balaban J connectivity index is 2.65. The van der Waals surface area contributed by atoms with Crippen molar-refractivity contribution in [3.05, 3.63) is 28.2 Å². The van der Waals surface area contributed by atoms with Crippen molar-refractivity contribution in [2.45, 2.75) is 58.8 Å². The zero-order valence-electron chi connectivity index (χ0n) is 12.1. The number of rotatable bonds is 6. The van der Waals surface area contributed by atoms with Gasteiger partial charge in [-0.05, 0) is 30.0 Å². The summed E-state index contributed by atoms with van der Waals surface area (Å²) >= 11 is 3.54. The Morgan fingerprint density at radius 2 is 1.83 bits per heavy atom. The van der Waals surface area contributed by atoms with E-state index in [1.54, 1.807) is 0 Å². The van der Waals surface area contributed by atoms with Gasteiger partial charge in [0.1, 0.15) is 5.75 Å². The molecule has 0 saturated carbocycles. The molecule has 0 unspecified atom stereocenters. The number of hydrogen-bond acceptors (Lipinski definition) is 1. The molecule has 0 aromatic heterocycles. The highest BCUT2D eigenvalue weighted by molar-refractivity contribution is 9.10. The van der Waals surface area contributed by atoms with Crippen molar-refractivity contribution in [3.8, 4) is 5.75 Å². The Kier molecular flexibility index (Phi) is 6.20. The lowest BCUT2D eigenvalue weighted by Crippen LogP contribution is -2.14. The van der Waals surface area contributed by atoms with Crippen molar-refractivity contribution in [3.63, 3.8) is 0 Å². The molecule has 0 saturated heterocycles. The number of unbranched alkanes of at least 4 members (excludes halogenated alkanes) is 3. The Morgan fingerprint density at radius 3 is 2.44 bits per heavy atom. The van der Waals surface area contributed by atoms with E-state index in [9.17, 15) is 0 Å². The molecular formula is C16H25BrO. The monoisotopic (exact) mass is 312 g/mol. The molecule has 0 atom stereocenters. The van der Waals surface area contributed by atoms with E-state index in [1.807, 2.05) is 0 Å². The van der Waals surface area contributed by atoms with Crippen molar-refractivity contribution < 1.29 is 4.74 Å². The lowest BCUT2D eigenvalue weighted by Gasteiger charge is -2.23. The normalized spacial score (nSPS) is 11.6. The SMILES string of the molecule is CCCCCCOc1ccc(Br)cc1C(C)(C)C. The maximum absolute atomic E-state index is 5.94. The van der Waals surface area contributed by atoms with E-state index in [-0.39, 0.29) is 5.41 Å². The van der Waals surface area contributed by atoms with Crippen molar-refractivity contribution in [1.29, 1.82) is 0 Å². The third-order valence-electron chi connectivity index (χ3n) is 3.01. The first-order valence-electron chi connectivity index (χ1n) is 6.88. The maximum atomic E-state index is 5.94. The van der Waals surface area contributed by atoms with Gasteiger partial charge in [0.05, 0.1) is 6.61 Å². The fourth-order valence-electron chi connectivity index (χ4n) is 1.93. The molecule has 0 fully saturated rings. The molecule has 0 heterocycles. The molecule has 2 heteroatoms. The Hall–Kier alpha value is -0.500. The molecular weight excluding hydrogens is 288 g/mol. The van der Waals surface area contributed by atoms with Crippen LogP contribution >= 0.6 is 15.9 Å². The van der Waals surface area contributed by atoms with Crippen LogP contribution in [0.5, 0.6) is 5.75 Å². The largest absolute Gasteiger partial charge is 0.493 e. The molecule has 0 amide bonds. The molecule has 0 N–H and O–H groups in total. The summed E-state index contributed by atoms with van der Waals surface area (Å²) < 4.78 is 7.06. The van der Waals surface area contributed by atoms with E-state index < -0.39 is 0 Å². The molecule has 18 heavy (non-hydrogen) atoms. The summed E-state index contributed by atoms with van der Waals surface area (Å²) in [5.74, 6) is 1.03. The van der Waals surface area contributed by atoms with Gasteiger partial charge in [0.2, 0.25) is 0 Å².